The standard InChI is InChI=1S/C12H10Cl2N2O2/c13-10-4-2-7-9(16-10)3-1-6(11(7)14)8(5-15)12(17)18/h1-4,8H,5,15H2,(H,17,18). The van der Waals surface area contributed by atoms with Gasteiger partial charge < -0.3 is 10.8 Å². The van der Waals surface area contributed by atoms with Crippen LogP contribution in [-0.2, 0) is 4.79 Å². The molecule has 94 valence electrons. The van der Waals surface area contributed by atoms with Crippen LogP contribution in [0, 0.1) is 0 Å². The van der Waals surface area contributed by atoms with E-state index in [0.717, 1.165) is 0 Å². The number of carboxylic acid groups (broad SMARTS) is 1. The van der Waals surface area contributed by atoms with Crippen LogP contribution in [0.25, 0.3) is 10.9 Å². The van der Waals surface area contributed by atoms with Gasteiger partial charge in [0.15, 0.2) is 0 Å². The number of hydrogen-bond donors (Lipinski definition) is 2. The number of pyridine rings is 1. The van der Waals surface area contributed by atoms with E-state index in [-0.39, 0.29) is 6.54 Å². The number of rotatable bonds is 3. The first-order chi connectivity index (χ1) is 8.54. The minimum Gasteiger partial charge on any atom is -0.481 e. The summed E-state index contributed by atoms with van der Waals surface area (Å²) in [6.07, 6.45) is 0. The lowest BCUT2D eigenvalue weighted by molar-refractivity contribution is -0.138. The average Bonchev–Trinajstić information content (AvgIpc) is 2.32. The third kappa shape index (κ3) is 2.27. The molecule has 0 saturated carbocycles. The molecule has 0 aliphatic heterocycles. The molecule has 2 rings (SSSR count). The van der Waals surface area contributed by atoms with E-state index in [0.29, 0.717) is 26.6 Å². The number of hydrogen-bond acceptors (Lipinski definition) is 3. The zero-order valence-corrected chi connectivity index (χ0v) is 10.7. The minimum absolute atomic E-state index is 0.0123. The van der Waals surface area contributed by atoms with Gasteiger partial charge in [0.1, 0.15) is 5.15 Å². The third-order valence-electron chi connectivity index (χ3n) is 2.71. The second kappa shape index (κ2) is 5.10. The fourth-order valence-electron chi connectivity index (χ4n) is 1.79. The highest BCUT2D eigenvalue weighted by Gasteiger charge is 2.21. The summed E-state index contributed by atoms with van der Waals surface area (Å²) < 4.78 is 0. The zero-order valence-electron chi connectivity index (χ0n) is 9.23. The van der Waals surface area contributed by atoms with Crippen LogP contribution in [0.3, 0.4) is 0 Å². The molecule has 2 aromatic rings. The number of benzene rings is 1. The van der Waals surface area contributed by atoms with Crippen molar-refractivity contribution in [2.45, 2.75) is 5.92 Å². The molecular weight excluding hydrogens is 275 g/mol. The second-order valence-corrected chi connectivity index (χ2v) is 4.56. The molecule has 1 aromatic heterocycles. The molecule has 4 nitrogen and oxygen atoms in total. The highest BCUT2D eigenvalue weighted by molar-refractivity contribution is 6.36. The third-order valence-corrected chi connectivity index (χ3v) is 3.34. The summed E-state index contributed by atoms with van der Waals surface area (Å²) in [6, 6.07) is 6.64. The molecular formula is C12H10Cl2N2O2. The first-order valence-electron chi connectivity index (χ1n) is 5.22. The van der Waals surface area contributed by atoms with Crippen LogP contribution in [0.2, 0.25) is 10.2 Å². The molecule has 1 atom stereocenters. The van der Waals surface area contributed by atoms with Gasteiger partial charge in [0.25, 0.3) is 0 Å². The molecule has 18 heavy (non-hydrogen) atoms. The highest BCUT2D eigenvalue weighted by Crippen LogP contribution is 2.31. The molecule has 0 radical (unpaired) electrons. The summed E-state index contributed by atoms with van der Waals surface area (Å²) in [5.74, 6) is -1.82. The summed E-state index contributed by atoms with van der Waals surface area (Å²) in [5.41, 5.74) is 6.58. The van der Waals surface area contributed by atoms with Crippen LogP contribution in [0.5, 0.6) is 0 Å². The molecule has 0 fully saturated rings. The predicted octanol–water partition coefficient (Wildman–Crippen LogP) is 2.67. The summed E-state index contributed by atoms with van der Waals surface area (Å²) in [7, 11) is 0. The molecule has 0 aliphatic rings. The maximum atomic E-state index is 11.1. The van der Waals surface area contributed by atoms with E-state index >= 15 is 0 Å². The molecule has 0 amide bonds. The van der Waals surface area contributed by atoms with Crippen molar-refractivity contribution in [1.29, 1.82) is 0 Å². The van der Waals surface area contributed by atoms with E-state index < -0.39 is 11.9 Å². The van der Waals surface area contributed by atoms with E-state index in [2.05, 4.69) is 4.98 Å². The average molecular weight is 285 g/mol. The number of nitrogens with two attached hydrogens (primary N) is 1. The molecule has 0 aliphatic carbocycles. The van der Waals surface area contributed by atoms with Gasteiger partial charge in [-0.05, 0) is 23.8 Å². The normalized spacial score (nSPS) is 12.6. The second-order valence-electron chi connectivity index (χ2n) is 3.80. The van der Waals surface area contributed by atoms with Gasteiger partial charge in [-0.2, -0.15) is 0 Å². The Morgan fingerprint density at radius 3 is 2.67 bits per heavy atom. The van der Waals surface area contributed by atoms with Crippen molar-refractivity contribution < 1.29 is 9.90 Å². The zero-order chi connectivity index (χ0) is 13.3. The van der Waals surface area contributed by atoms with Crippen LogP contribution in [0.1, 0.15) is 11.5 Å². The van der Waals surface area contributed by atoms with Gasteiger partial charge in [-0.15, -0.1) is 0 Å². The lowest BCUT2D eigenvalue weighted by Crippen LogP contribution is -2.21. The summed E-state index contributed by atoms with van der Waals surface area (Å²) >= 11 is 12.0. The summed E-state index contributed by atoms with van der Waals surface area (Å²) in [5, 5.41) is 10.5. The summed E-state index contributed by atoms with van der Waals surface area (Å²) in [4.78, 5) is 15.2. The fourth-order valence-corrected chi connectivity index (χ4v) is 2.30. The summed E-state index contributed by atoms with van der Waals surface area (Å²) in [6.45, 7) is -0.0123. The first-order valence-corrected chi connectivity index (χ1v) is 5.97. The van der Waals surface area contributed by atoms with Crippen LogP contribution in [0.15, 0.2) is 24.3 Å². The van der Waals surface area contributed by atoms with Crippen molar-refractivity contribution in [2.24, 2.45) is 5.73 Å². The van der Waals surface area contributed by atoms with Crippen molar-refractivity contribution in [3.8, 4) is 0 Å². The maximum absolute atomic E-state index is 11.1. The Hall–Kier alpha value is -1.36. The van der Waals surface area contributed by atoms with Gasteiger partial charge >= 0.3 is 5.97 Å². The number of nitrogens with zero attached hydrogens (tertiary/aromatic N) is 1. The minimum atomic E-state index is -0.999. The van der Waals surface area contributed by atoms with Crippen molar-refractivity contribution in [3.63, 3.8) is 0 Å². The molecule has 0 saturated heterocycles. The molecule has 0 spiro atoms. The molecule has 3 N–H and O–H groups in total. The predicted molar refractivity (Wildman–Crippen MR) is 71.2 cm³/mol. The fraction of sp³-hybridized carbons (Fsp3) is 0.167. The van der Waals surface area contributed by atoms with Crippen LogP contribution in [-0.4, -0.2) is 22.6 Å². The lowest BCUT2D eigenvalue weighted by atomic mass is 9.97. The van der Waals surface area contributed by atoms with Crippen molar-refractivity contribution >= 4 is 40.1 Å². The van der Waals surface area contributed by atoms with E-state index in [1.54, 1.807) is 24.3 Å². The Balaban J connectivity index is 2.64. The van der Waals surface area contributed by atoms with Crippen LogP contribution >= 0.6 is 23.2 Å². The molecule has 6 heteroatoms. The number of aliphatic carboxylic acids is 1. The molecule has 1 aromatic carbocycles. The smallest absolute Gasteiger partial charge is 0.312 e. The van der Waals surface area contributed by atoms with Gasteiger partial charge in [-0.1, -0.05) is 29.3 Å². The van der Waals surface area contributed by atoms with Crippen LogP contribution in [0.4, 0.5) is 0 Å². The van der Waals surface area contributed by atoms with Gasteiger partial charge in [-0.3, -0.25) is 4.79 Å². The Kier molecular flexibility index (Phi) is 3.71. The van der Waals surface area contributed by atoms with Crippen LogP contribution < -0.4 is 5.73 Å². The quantitative estimate of drug-likeness (QED) is 0.850. The van der Waals surface area contributed by atoms with E-state index in [1.165, 1.54) is 0 Å². The van der Waals surface area contributed by atoms with E-state index in [1.807, 2.05) is 0 Å². The highest BCUT2D eigenvalue weighted by atomic mass is 35.5. The topological polar surface area (TPSA) is 76.2 Å². The molecule has 1 unspecified atom stereocenters. The SMILES string of the molecule is NCC(C(=O)O)c1ccc2nc(Cl)ccc2c1Cl. The van der Waals surface area contributed by atoms with E-state index in [9.17, 15) is 4.79 Å². The maximum Gasteiger partial charge on any atom is 0.312 e. The van der Waals surface area contributed by atoms with E-state index in [4.69, 9.17) is 34.0 Å². The Morgan fingerprint density at radius 2 is 2.06 bits per heavy atom. The van der Waals surface area contributed by atoms with Crippen molar-refractivity contribution in [1.82, 2.24) is 4.98 Å². The van der Waals surface area contributed by atoms with Crippen molar-refractivity contribution in [2.75, 3.05) is 6.54 Å². The monoisotopic (exact) mass is 284 g/mol. The number of halogens is 2. The molecule has 0 bridgehead atoms. The number of carboxylic acids is 1. The lowest BCUT2D eigenvalue weighted by Gasteiger charge is -2.13. The number of carbonyl (C=O) groups is 1. The van der Waals surface area contributed by atoms with Crippen molar-refractivity contribution in [3.05, 3.63) is 40.0 Å². The Morgan fingerprint density at radius 1 is 1.33 bits per heavy atom. The van der Waals surface area contributed by atoms with Gasteiger partial charge in [0.2, 0.25) is 0 Å². The van der Waals surface area contributed by atoms with Gasteiger partial charge in [0, 0.05) is 11.9 Å². The first kappa shape index (κ1) is 13.1. The number of aromatic nitrogens is 1. The number of fused-ring (bicyclic) bond motifs is 1. The largest absolute Gasteiger partial charge is 0.481 e. The Labute approximate surface area is 113 Å². The molecule has 1 heterocycles. The van der Waals surface area contributed by atoms with Gasteiger partial charge in [-0.25, -0.2) is 4.98 Å². The van der Waals surface area contributed by atoms with Gasteiger partial charge in [0.05, 0.1) is 16.5 Å². The Bertz CT molecular complexity index is 616.